The lowest BCUT2D eigenvalue weighted by Gasteiger charge is -2.10. The smallest absolute Gasteiger partial charge is 0.387 e. The van der Waals surface area contributed by atoms with Crippen molar-refractivity contribution >= 4 is 34.8 Å². The number of ether oxygens (including phenoxy) is 2. The molecule has 1 heterocycles. The fraction of sp³-hybridized carbons (Fsp3) is 0.125. The minimum Gasteiger partial charge on any atom is -0.435 e. The summed E-state index contributed by atoms with van der Waals surface area (Å²) in [4.78, 5) is 0. The van der Waals surface area contributed by atoms with Gasteiger partial charge in [-0.25, -0.2) is 0 Å². The second-order valence-electron chi connectivity index (χ2n) is 7.22. The molecule has 0 saturated carbocycles. The van der Waals surface area contributed by atoms with Crippen molar-refractivity contribution in [3.63, 3.8) is 0 Å². The van der Waals surface area contributed by atoms with Crippen LogP contribution in [0.5, 0.6) is 11.5 Å². The lowest BCUT2D eigenvalue weighted by atomic mass is 10.1. The first-order valence-corrected chi connectivity index (χ1v) is 11.2. The van der Waals surface area contributed by atoms with Gasteiger partial charge in [0.15, 0.2) is 0 Å². The van der Waals surface area contributed by atoms with Crippen LogP contribution in [-0.4, -0.2) is 23.0 Å². The lowest BCUT2D eigenvalue weighted by molar-refractivity contribution is -0.0505. The highest BCUT2D eigenvalue weighted by atomic mass is 35.5. The Kier molecular flexibility index (Phi) is 7.74. The van der Waals surface area contributed by atoms with Crippen LogP contribution in [0.1, 0.15) is 5.56 Å². The molecule has 4 aromatic rings. The second kappa shape index (κ2) is 10.8. The van der Waals surface area contributed by atoms with Gasteiger partial charge in [0.05, 0.1) is 27.3 Å². The monoisotopic (exact) mass is 544 g/mol. The third-order valence-electron chi connectivity index (χ3n) is 4.92. The van der Waals surface area contributed by atoms with Crippen LogP contribution in [0.2, 0.25) is 15.1 Å². The van der Waals surface area contributed by atoms with E-state index in [1.54, 1.807) is 47.1 Å². The summed E-state index contributed by atoms with van der Waals surface area (Å²) >= 11 is 18.9. The predicted molar refractivity (Wildman–Crippen MR) is 127 cm³/mol. The molecule has 0 spiro atoms. The minimum atomic E-state index is -2.95. The summed E-state index contributed by atoms with van der Waals surface area (Å²) in [6.45, 7) is -5.64. The third-order valence-corrected chi connectivity index (χ3v) is 6.01. The quantitative estimate of drug-likeness (QED) is 0.209. The molecular formula is C24H15Cl3F4N2O2. The molecule has 182 valence electrons. The first kappa shape index (κ1) is 25.2. The van der Waals surface area contributed by atoms with Crippen molar-refractivity contribution in [1.29, 1.82) is 0 Å². The van der Waals surface area contributed by atoms with Crippen molar-refractivity contribution in [3.8, 4) is 34.0 Å². The van der Waals surface area contributed by atoms with Crippen LogP contribution in [0.25, 0.3) is 22.5 Å². The van der Waals surface area contributed by atoms with Crippen molar-refractivity contribution in [3.05, 3.63) is 87.4 Å². The van der Waals surface area contributed by atoms with E-state index in [-0.39, 0.29) is 23.1 Å². The van der Waals surface area contributed by atoms with Crippen LogP contribution in [-0.2, 0) is 6.54 Å². The van der Waals surface area contributed by atoms with Crippen LogP contribution in [0.4, 0.5) is 17.6 Å². The van der Waals surface area contributed by atoms with E-state index in [4.69, 9.17) is 34.8 Å². The number of benzene rings is 3. The highest BCUT2D eigenvalue weighted by molar-refractivity contribution is 6.42. The molecule has 0 aliphatic rings. The zero-order valence-corrected chi connectivity index (χ0v) is 19.8. The van der Waals surface area contributed by atoms with Gasteiger partial charge in [-0.15, -0.1) is 0 Å². The van der Waals surface area contributed by atoms with Crippen LogP contribution < -0.4 is 9.47 Å². The van der Waals surface area contributed by atoms with E-state index in [9.17, 15) is 17.6 Å². The molecule has 3 aromatic carbocycles. The Morgan fingerprint density at radius 3 is 1.77 bits per heavy atom. The maximum Gasteiger partial charge on any atom is 0.387 e. The summed E-state index contributed by atoms with van der Waals surface area (Å²) < 4.78 is 60.5. The Bertz CT molecular complexity index is 1310. The molecule has 0 atom stereocenters. The number of aromatic nitrogens is 2. The van der Waals surface area contributed by atoms with Crippen LogP contribution >= 0.6 is 34.8 Å². The Morgan fingerprint density at radius 2 is 1.26 bits per heavy atom. The highest BCUT2D eigenvalue weighted by Crippen LogP contribution is 2.38. The lowest BCUT2D eigenvalue weighted by Crippen LogP contribution is -2.05. The number of hydrogen-bond donors (Lipinski definition) is 0. The molecular weight excluding hydrogens is 531 g/mol. The summed E-state index contributed by atoms with van der Waals surface area (Å²) in [5.74, 6) is -0.0183. The molecule has 4 rings (SSSR count). The Hall–Kier alpha value is -2.94. The van der Waals surface area contributed by atoms with E-state index in [0.29, 0.717) is 32.6 Å². The summed E-state index contributed by atoms with van der Waals surface area (Å²) in [5, 5.41) is 5.67. The second-order valence-corrected chi connectivity index (χ2v) is 8.42. The molecule has 35 heavy (non-hydrogen) atoms. The van der Waals surface area contributed by atoms with E-state index >= 15 is 0 Å². The Labute approximate surface area is 212 Å². The predicted octanol–water partition coefficient (Wildman–Crippen LogP) is 8.43. The first-order chi connectivity index (χ1) is 16.7. The fourth-order valence-corrected chi connectivity index (χ4v) is 4.09. The van der Waals surface area contributed by atoms with Gasteiger partial charge in [-0.2, -0.15) is 22.7 Å². The zero-order valence-electron chi connectivity index (χ0n) is 17.6. The van der Waals surface area contributed by atoms with Gasteiger partial charge in [-0.1, -0.05) is 40.9 Å². The molecule has 0 amide bonds. The average Bonchev–Trinajstić information content (AvgIpc) is 3.12. The fourth-order valence-electron chi connectivity index (χ4n) is 3.41. The largest absolute Gasteiger partial charge is 0.435 e. The normalized spacial score (nSPS) is 11.3. The van der Waals surface area contributed by atoms with Gasteiger partial charge in [0.1, 0.15) is 17.2 Å². The number of alkyl halides is 4. The maximum absolute atomic E-state index is 12.5. The molecule has 0 unspecified atom stereocenters. The molecule has 0 aliphatic carbocycles. The summed E-state index contributed by atoms with van der Waals surface area (Å²) in [6, 6.07) is 16.9. The summed E-state index contributed by atoms with van der Waals surface area (Å²) in [5.41, 5.74) is 2.82. The molecule has 0 N–H and O–H groups in total. The van der Waals surface area contributed by atoms with E-state index in [0.717, 1.165) is 5.56 Å². The van der Waals surface area contributed by atoms with Crippen LogP contribution in [0, 0.1) is 0 Å². The van der Waals surface area contributed by atoms with Crippen LogP contribution in [0.15, 0.2) is 66.7 Å². The number of hydrogen-bond acceptors (Lipinski definition) is 3. The van der Waals surface area contributed by atoms with Gasteiger partial charge >= 0.3 is 13.2 Å². The average molecular weight is 546 g/mol. The number of halogens is 7. The molecule has 0 bridgehead atoms. The Morgan fingerprint density at radius 1 is 0.714 bits per heavy atom. The molecule has 0 fully saturated rings. The molecule has 0 aliphatic heterocycles. The van der Waals surface area contributed by atoms with E-state index < -0.39 is 13.2 Å². The topological polar surface area (TPSA) is 36.3 Å². The van der Waals surface area contributed by atoms with Crippen molar-refractivity contribution in [2.24, 2.45) is 0 Å². The summed E-state index contributed by atoms with van der Waals surface area (Å²) in [7, 11) is 0. The minimum absolute atomic E-state index is 0.00902. The summed E-state index contributed by atoms with van der Waals surface area (Å²) in [6.07, 6.45) is 0. The zero-order chi connectivity index (χ0) is 25.1. The third kappa shape index (κ3) is 6.01. The van der Waals surface area contributed by atoms with Gasteiger partial charge in [0, 0.05) is 11.1 Å². The SMILES string of the molecule is FC(F)Oc1ccc(-c2nn(Cc3ccc(Cl)c(Cl)c3)c(-c3ccc(OC(F)F)cc3)c2Cl)cc1. The first-order valence-electron chi connectivity index (χ1n) is 10.0. The molecule has 1 aromatic heterocycles. The van der Waals surface area contributed by atoms with Crippen LogP contribution in [0.3, 0.4) is 0 Å². The maximum atomic E-state index is 12.5. The highest BCUT2D eigenvalue weighted by Gasteiger charge is 2.20. The van der Waals surface area contributed by atoms with E-state index in [2.05, 4.69) is 14.6 Å². The molecule has 0 radical (unpaired) electrons. The van der Waals surface area contributed by atoms with Gasteiger partial charge in [-0.05, 0) is 66.2 Å². The van der Waals surface area contributed by atoms with Gasteiger partial charge in [0.2, 0.25) is 0 Å². The van der Waals surface area contributed by atoms with Crippen molar-refractivity contribution in [2.45, 2.75) is 19.8 Å². The molecule has 4 nitrogen and oxygen atoms in total. The number of rotatable bonds is 8. The molecule has 0 saturated heterocycles. The molecule has 11 heteroatoms. The van der Waals surface area contributed by atoms with E-state index in [1.165, 1.54) is 24.3 Å². The van der Waals surface area contributed by atoms with E-state index in [1.807, 2.05) is 0 Å². The van der Waals surface area contributed by atoms with Crippen molar-refractivity contribution in [1.82, 2.24) is 9.78 Å². The standard InChI is InChI=1S/C24H15Cl3F4N2O2/c25-18-10-1-13(11-19(18)26)12-33-22(15-4-8-17(9-5-15)35-24(30)31)20(27)21(32-33)14-2-6-16(7-3-14)34-23(28)29/h1-11,23-24H,12H2. The van der Waals surface area contributed by atoms with Gasteiger partial charge in [-0.3, -0.25) is 4.68 Å². The Balaban J connectivity index is 1.76. The number of nitrogens with zero attached hydrogens (tertiary/aromatic N) is 2. The van der Waals surface area contributed by atoms with Crippen molar-refractivity contribution < 1.29 is 27.0 Å². The van der Waals surface area contributed by atoms with Gasteiger partial charge in [0.25, 0.3) is 0 Å². The van der Waals surface area contributed by atoms with Crippen molar-refractivity contribution in [2.75, 3.05) is 0 Å². The van der Waals surface area contributed by atoms with Gasteiger partial charge < -0.3 is 9.47 Å².